The molecule has 1 N–H and O–H groups in total. The number of halogens is 1. The number of β-amino-alcohol motifs (C(OH)–C–C–N with tert-alkyl or cyclic N) is 1. The molecule has 5 heteroatoms. The number of aliphatic hydroxyl groups is 1. The van der Waals surface area contributed by atoms with Crippen molar-refractivity contribution < 1.29 is 5.11 Å². The van der Waals surface area contributed by atoms with E-state index in [2.05, 4.69) is 37.5 Å². The lowest BCUT2D eigenvalue weighted by Gasteiger charge is -2.14. The van der Waals surface area contributed by atoms with Gasteiger partial charge in [0.05, 0.1) is 16.3 Å². The highest BCUT2D eigenvalue weighted by Gasteiger charge is 2.19. The molecule has 1 atom stereocenters. The maximum Gasteiger partial charge on any atom is 0.0738 e. The Morgan fingerprint density at radius 1 is 1.33 bits per heavy atom. The topological polar surface area (TPSA) is 41.3 Å². The zero-order chi connectivity index (χ0) is 13.1. The number of hydrogen-bond donors (Lipinski definition) is 1. The summed E-state index contributed by atoms with van der Waals surface area (Å²) in [4.78, 5) is 2.35. The molecular formula is C13H22BrN3O. The van der Waals surface area contributed by atoms with E-state index in [4.69, 9.17) is 0 Å². The van der Waals surface area contributed by atoms with E-state index in [1.807, 2.05) is 6.92 Å². The molecule has 0 amide bonds. The van der Waals surface area contributed by atoms with Gasteiger partial charge in [0.1, 0.15) is 0 Å². The van der Waals surface area contributed by atoms with E-state index in [0.29, 0.717) is 0 Å². The Labute approximate surface area is 117 Å². The summed E-state index contributed by atoms with van der Waals surface area (Å²) >= 11 is 3.55. The van der Waals surface area contributed by atoms with Gasteiger partial charge >= 0.3 is 0 Å². The fourth-order valence-electron chi connectivity index (χ4n) is 2.51. The standard InChI is InChI=1S/C13H22BrN3O/c1-10-13(14)11(2)17(15-10)7-4-3-6-16-8-5-12(18)9-16/h12,18H,3-9H2,1-2H3. The van der Waals surface area contributed by atoms with Crippen LogP contribution in [-0.2, 0) is 6.54 Å². The molecule has 0 spiro atoms. The van der Waals surface area contributed by atoms with Gasteiger partial charge < -0.3 is 10.0 Å². The molecule has 1 unspecified atom stereocenters. The second-order valence-corrected chi connectivity index (χ2v) is 5.95. The van der Waals surface area contributed by atoms with Crippen LogP contribution in [0.3, 0.4) is 0 Å². The van der Waals surface area contributed by atoms with Crippen LogP contribution < -0.4 is 0 Å². The Kier molecular flexibility index (Phi) is 4.81. The van der Waals surface area contributed by atoms with Crippen molar-refractivity contribution in [3.63, 3.8) is 0 Å². The van der Waals surface area contributed by atoms with Crippen LogP contribution in [0.25, 0.3) is 0 Å². The van der Waals surface area contributed by atoms with E-state index in [1.165, 1.54) is 12.1 Å². The summed E-state index contributed by atoms with van der Waals surface area (Å²) in [5.74, 6) is 0. The molecule has 0 radical (unpaired) electrons. The van der Waals surface area contributed by atoms with Crippen LogP contribution in [0.1, 0.15) is 30.7 Å². The molecule has 1 aliphatic heterocycles. The summed E-state index contributed by atoms with van der Waals surface area (Å²) in [5, 5.41) is 14.0. The third-order valence-electron chi connectivity index (χ3n) is 3.63. The molecule has 2 heterocycles. The van der Waals surface area contributed by atoms with Crippen molar-refractivity contribution in [3.8, 4) is 0 Å². The Balaban J connectivity index is 1.70. The first-order valence-electron chi connectivity index (χ1n) is 6.68. The predicted octanol–water partition coefficient (Wildman–Crippen LogP) is 2.11. The molecule has 102 valence electrons. The lowest BCUT2D eigenvalue weighted by atomic mass is 10.3. The lowest BCUT2D eigenvalue weighted by Crippen LogP contribution is -2.23. The minimum Gasteiger partial charge on any atom is -0.392 e. The first-order valence-corrected chi connectivity index (χ1v) is 7.47. The van der Waals surface area contributed by atoms with Crippen LogP contribution >= 0.6 is 15.9 Å². The van der Waals surface area contributed by atoms with Crippen LogP contribution in [0.15, 0.2) is 4.47 Å². The predicted molar refractivity (Wildman–Crippen MR) is 75.7 cm³/mol. The maximum atomic E-state index is 9.44. The number of aromatic nitrogens is 2. The van der Waals surface area contributed by atoms with Gasteiger partial charge in [-0.05, 0) is 55.6 Å². The number of unbranched alkanes of at least 4 members (excludes halogenated alkanes) is 1. The first-order chi connectivity index (χ1) is 8.58. The van der Waals surface area contributed by atoms with E-state index in [1.54, 1.807) is 0 Å². The van der Waals surface area contributed by atoms with Gasteiger partial charge in [-0.15, -0.1) is 0 Å². The largest absolute Gasteiger partial charge is 0.392 e. The Bertz CT molecular complexity index is 405. The molecular weight excluding hydrogens is 294 g/mol. The van der Waals surface area contributed by atoms with E-state index in [9.17, 15) is 5.11 Å². The summed E-state index contributed by atoms with van der Waals surface area (Å²) < 4.78 is 3.21. The number of aryl methyl sites for hydroxylation is 2. The average molecular weight is 316 g/mol. The van der Waals surface area contributed by atoms with E-state index >= 15 is 0 Å². The molecule has 0 saturated carbocycles. The summed E-state index contributed by atoms with van der Waals surface area (Å²) in [5.41, 5.74) is 2.28. The fourth-order valence-corrected chi connectivity index (χ4v) is 2.79. The van der Waals surface area contributed by atoms with E-state index in [0.717, 1.165) is 49.2 Å². The minimum atomic E-state index is -0.100. The Morgan fingerprint density at radius 3 is 2.61 bits per heavy atom. The van der Waals surface area contributed by atoms with Crippen molar-refractivity contribution in [2.24, 2.45) is 0 Å². The van der Waals surface area contributed by atoms with Crippen LogP contribution in [-0.4, -0.2) is 45.5 Å². The highest BCUT2D eigenvalue weighted by atomic mass is 79.9. The van der Waals surface area contributed by atoms with Gasteiger partial charge in [-0.1, -0.05) is 0 Å². The molecule has 1 aliphatic rings. The van der Waals surface area contributed by atoms with Crippen LogP contribution in [0.5, 0.6) is 0 Å². The summed E-state index contributed by atoms with van der Waals surface area (Å²) in [7, 11) is 0. The number of nitrogens with zero attached hydrogens (tertiary/aromatic N) is 3. The number of likely N-dealkylation sites (tertiary alicyclic amines) is 1. The highest BCUT2D eigenvalue weighted by Crippen LogP contribution is 2.20. The van der Waals surface area contributed by atoms with Crippen molar-refractivity contribution in [1.82, 2.24) is 14.7 Å². The number of hydrogen-bond acceptors (Lipinski definition) is 3. The smallest absolute Gasteiger partial charge is 0.0738 e. The van der Waals surface area contributed by atoms with Crippen molar-refractivity contribution in [3.05, 3.63) is 15.9 Å². The summed E-state index contributed by atoms with van der Waals surface area (Å²) in [6.45, 7) is 8.10. The molecule has 1 aromatic rings. The Morgan fingerprint density at radius 2 is 2.06 bits per heavy atom. The zero-order valence-electron chi connectivity index (χ0n) is 11.2. The second-order valence-electron chi connectivity index (χ2n) is 5.16. The van der Waals surface area contributed by atoms with Crippen LogP contribution in [0.4, 0.5) is 0 Å². The first kappa shape index (κ1) is 14.0. The van der Waals surface area contributed by atoms with Crippen LogP contribution in [0.2, 0.25) is 0 Å². The fraction of sp³-hybridized carbons (Fsp3) is 0.769. The average Bonchev–Trinajstić information content (AvgIpc) is 2.85. The van der Waals surface area contributed by atoms with E-state index in [-0.39, 0.29) is 6.10 Å². The van der Waals surface area contributed by atoms with Gasteiger partial charge in [0.2, 0.25) is 0 Å². The molecule has 0 bridgehead atoms. The van der Waals surface area contributed by atoms with Gasteiger partial charge in [-0.3, -0.25) is 4.68 Å². The van der Waals surface area contributed by atoms with Crippen molar-refractivity contribution in [1.29, 1.82) is 0 Å². The van der Waals surface area contributed by atoms with Crippen molar-refractivity contribution in [2.75, 3.05) is 19.6 Å². The summed E-state index contributed by atoms with van der Waals surface area (Å²) in [6.07, 6.45) is 3.14. The van der Waals surface area contributed by atoms with Gasteiger partial charge in [0.25, 0.3) is 0 Å². The maximum absolute atomic E-state index is 9.44. The monoisotopic (exact) mass is 315 g/mol. The zero-order valence-corrected chi connectivity index (χ0v) is 12.8. The van der Waals surface area contributed by atoms with Gasteiger partial charge in [0.15, 0.2) is 0 Å². The SMILES string of the molecule is Cc1nn(CCCCN2CCC(O)C2)c(C)c1Br. The molecule has 0 aromatic carbocycles. The third-order valence-corrected chi connectivity index (χ3v) is 4.78. The van der Waals surface area contributed by atoms with Gasteiger partial charge in [-0.2, -0.15) is 5.10 Å². The molecule has 2 rings (SSSR count). The molecule has 18 heavy (non-hydrogen) atoms. The number of rotatable bonds is 5. The third kappa shape index (κ3) is 3.33. The summed E-state index contributed by atoms with van der Waals surface area (Å²) in [6, 6.07) is 0. The van der Waals surface area contributed by atoms with Crippen molar-refractivity contribution >= 4 is 15.9 Å². The van der Waals surface area contributed by atoms with Crippen molar-refractivity contribution in [2.45, 2.75) is 45.8 Å². The Hall–Kier alpha value is -0.390. The molecule has 1 saturated heterocycles. The second kappa shape index (κ2) is 6.17. The number of aliphatic hydroxyl groups excluding tert-OH is 1. The normalized spacial score (nSPS) is 20.8. The quantitative estimate of drug-likeness (QED) is 0.846. The highest BCUT2D eigenvalue weighted by molar-refractivity contribution is 9.10. The molecule has 1 aromatic heterocycles. The van der Waals surface area contributed by atoms with Gasteiger partial charge in [0, 0.05) is 25.3 Å². The minimum absolute atomic E-state index is 0.100. The van der Waals surface area contributed by atoms with E-state index < -0.39 is 0 Å². The lowest BCUT2D eigenvalue weighted by molar-refractivity contribution is 0.175. The van der Waals surface area contributed by atoms with Crippen LogP contribution in [0, 0.1) is 13.8 Å². The molecule has 4 nitrogen and oxygen atoms in total. The molecule has 1 fully saturated rings. The molecule has 0 aliphatic carbocycles. The van der Waals surface area contributed by atoms with Gasteiger partial charge in [-0.25, -0.2) is 0 Å².